The van der Waals surface area contributed by atoms with E-state index < -0.39 is 0 Å². The van der Waals surface area contributed by atoms with Crippen LogP contribution >= 0.6 is 11.8 Å². The van der Waals surface area contributed by atoms with Crippen molar-refractivity contribution in [1.29, 1.82) is 0 Å². The maximum atomic E-state index is 6.30. The Morgan fingerprint density at radius 2 is 2.25 bits per heavy atom. The molecule has 88 valence electrons. The van der Waals surface area contributed by atoms with Gasteiger partial charge in [0.2, 0.25) is 0 Å². The molecule has 2 unspecified atom stereocenters. The second kappa shape index (κ2) is 5.21. The Morgan fingerprint density at radius 3 is 2.94 bits per heavy atom. The fraction of sp³-hybridized carbons (Fsp3) is 0.538. The second-order valence-electron chi connectivity index (χ2n) is 4.30. The summed E-state index contributed by atoms with van der Waals surface area (Å²) in [4.78, 5) is 0. The number of thioether (sulfide) groups is 1. The number of rotatable bonds is 2. The number of benzene rings is 1. The van der Waals surface area contributed by atoms with Crippen molar-refractivity contribution in [3.63, 3.8) is 0 Å². The van der Waals surface area contributed by atoms with Crippen LogP contribution in [-0.4, -0.2) is 24.2 Å². The van der Waals surface area contributed by atoms with Gasteiger partial charge in [0.25, 0.3) is 0 Å². The first-order chi connectivity index (χ1) is 7.70. The number of hydrogen-bond donors (Lipinski definition) is 1. The predicted molar refractivity (Wildman–Crippen MR) is 69.9 cm³/mol. The Bertz CT molecular complexity index is 361. The van der Waals surface area contributed by atoms with E-state index in [0.717, 1.165) is 18.1 Å². The summed E-state index contributed by atoms with van der Waals surface area (Å²) < 4.78 is 5.74. The lowest BCUT2D eigenvalue weighted by atomic mass is 9.95. The van der Waals surface area contributed by atoms with E-state index >= 15 is 0 Å². The van der Waals surface area contributed by atoms with Crippen molar-refractivity contribution in [2.45, 2.75) is 26.0 Å². The minimum absolute atomic E-state index is 0.00713. The normalized spacial score (nSPS) is 23.1. The zero-order valence-electron chi connectivity index (χ0n) is 9.90. The zero-order valence-corrected chi connectivity index (χ0v) is 10.7. The van der Waals surface area contributed by atoms with Crippen molar-refractivity contribution in [3.8, 4) is 0 Å². The van der Waals surface area contributed by atoms with Crippen LogP contribution in [0.2, 0.25) is 0 Å². The van der Waals surface area contributed by atoms with E-state index in [1.807, 2.05) is 11.8 Å². The Kier molecular flexibility index (Phi) is 3.90. The summed E-state index contributed by atoms with van der Waals surface area (Å²) in [5, 5.41) is 0. The molecule has 1 aromatic carbocycles. The van der Waals surface area contributed by atoms with Crippen molar-refractivity contribution in [3.05, 3.63) is 34.9 Å². The molecule has 2 nitrogen and oxygen atoms in total. The summed E-state index contributed by atoms with van der Waals surface area (Å²) in [5.74, 6) is 2.10. The predicted octanol–water partition coefficient (Wildman–Crippen LogP) is 2.44. The quantitative estimate of drug-likeness (QED) is 0.858. The molecule has 1 aliphatic rings. The van der Waals surface area contributed by atoms with Crippen LogP contribution in [0.25, 0.3) is 0 Å². The fourth-order valence-corrected chi connectivity index (χ4v) is 2.97. The van der Waals surface area contributed by atoms with E-state index in [1.165, 1.54) is 16.7 Å². The van der Waals surface area contributed by atoms with E-state index in [0.29, 0.717) is 0 Å². The molecular formula is C13H19NOS. The lowest BCUT2D eigenvalue weighted by molar-refractivity contribution is 0.0568. The second-order valence-corrected chi connectivity index (χ2v) is 5.45. The lowest BCUT2D eigenvalue weighted by Crippen LogP contribution is -2.35. The molecule has 2 rings (SSSR count). The summed E-state index contributed by atoms with van der Waals surface area (Å²) in [7, 11) is 0. The van der Waals surface area contributed by atoms with Gasteiger partial charge in [0.15, 0.2) is 0 Å². The molecule has 1 heterocycles. The van der Waals surface area contributed by atoms with Crippen LogP contribution in [0.5, 0.6) is 0 Å². The molecule has 0 radical (unpaired) electrons. The summed E-state index contributed by atoms with van der Waals surface area (Å²) >= 11 is 1.93. The Hall–Kier alpha value is -0.510. The molecule has 2 N–H and O–H groups in total. The summed E-state index contributed by atoms with van der Waals surface area (Å²) in [5.41, 5.74) is 10.1. The highest BCUT2D eigenvalue weighted by atomic mass is 32.2. The lowest BCUT2D eigenvalue weighted by Gasteiger charge is -2.29. The first-order valence-electron chi connectivity index (χ1n) is 5.71. The maximum Gasteiger partial charge on any atom is 0.0858 e. The van der Waals surface area contributed by atoms with Gasteiger partial charge in [0.05, 0.1) is 18.8 Å². The number of ether oxygens (including phenoxy) is 1. The molecule has 1 aliphatic heterocycles. The fourth-order valence-electron chi connectivity index (χ4n) is 2.05. The van der Waals surface area contributed by atoms with Crippen molar-refractivity contribution in [2.24, 2.45) is 5.73 Å². The highest BCUT2D eigenvalue weighted by Gasteiger charge is 2.24. The van der Waals surface area contributed by atoms with Gasteiger partial charge in [0, 0.05) is 11.5 Å². The standard InChI is InChI=1S/C13H19NOS/c1-9-4-3-5-11(10(9)2)13(14)12-8-16-7-6-15-12/h3-5,12-13H,6-8,14H2,1-2H3. The van der Waals surface area contributed by atoms with Crippen molar-refractivity contribution in [2.75, 3.05) is 18.1 Å². The van der Waals surface area contributed by atoms with Crippen molar-refractivity contribution >= 4 is 11.8 Å². The summed E-state index contributed by atoms with van der Waals surface area (Å²) in [6, 6.07) is 6.33. The molecule has 0 spiro atoms. The van der Waals surface area contributed by atoms with Gasteiger partial charge >= 0.3 is 0 Å². The molecule has 3 heteroatoms. The molecule has 1 fully saturated rings. The van der Waals surface area contributed by atoms with Crippen LogP contribution in [-0.2, 0) is 4.74 Å². The zero-order chi connectivity index (χ0) is 11.5. The molecular weight excluding hydrogens is 218 g/mol. The van der Waals surface area contributed by atoms with E-state index in [-0.39, 0.29) is 12.1 Å². The third kappa shape index (κ3) is 2.42. The molecule has 16 heavy (non-hydrogen) atoms. The largest absolute Gasteiger partial charge is 0.375 e. The van der Waals surface area contributed by atoms with Gasteiger partial charge in [0.1, 0.15) is 0 Å². The molecule has 1 saturated heterocycles. The number of aryl methyl sites for hydroxylation is 1. The van der Waals surface area contributed by atoms with E-state index in [1.54, 1.807) is 0 Å². The monoisotopic (exact) mass is 237 g/mol. The highest BCUT2D eigenvalue weighted by molar-refractivity contribution is 7.99. The van der Waals surface area contributed by atoms with Gasteiger partial charge in [-0.05, 0) is 30.5 Å². The smallest absolute Gasteiger partial charge is 0.0858 e. The van der Waals surface area contributed by atoms with Crippen LogP contribution < -0.4 is 5.73 Å². The van der Waals surface area contributed by atoms with E-state index in [4.69, 9.17) is 10.5 Å². The number of hydrogen-bond acceptors (Lipinski definition) is 3. The third-order valence-electron chi connectivity index (χ3n) is 3.25. The molecule has 0 amide bonds. The van der Waals surface area contributed by atoms with Crippen LogP contribution in [0.3, 0.4) is 0 Å². The first-order valence-corrected chi connectivity index (χ1v) is 6.86. The van der Waals surface area contributed by atoms with Crippen LogP contribution in [0.1, 0.15) is 22.7 Å². The SMILES string of the molecule is Cc1cccc(C(N)C2CSCCO2)c1C. The van der Waals surface area contributed by atoms with Crippen LogP contribution in [0, 0.1) is 13.8 Å². The topological polar surface area (TPSA) is 35.2 Å². The van der Waals surface area contributed by atoms with Crippen molar-refractivity contribution in [1.82, 2.24) is 0 Å². The summed E-state index contributed by atoms with van der Waals surface area (Å²) in [6.07, 6.45) is 0.166. The molecule has 0 saturated carbocycles. The highest BCUT2D eigenvalue weighted by Crippen LogP contribution is 2.26. The van der Waals surface area contributed by atoms with Gasteiger partial charge < -0.3 is 10.5 Å². The maximum absolute atomic E-state index is 6.30. The van der Waals surface area contributed by atoms with Crippen molar-refractivity contribution < 1.29 is 4.74 Å². The third-order valence-corrected chi connectivity index (χ3v) is 4.27. The van der Waals surface area contributed by atoms with Crippen LogP contribution in [0.4, 0.5) is 0 Å². The van der Waals surface area contributed by atoms with Gasteiger partial charge in [-0.15, -0.1) is 0 Å². The molecule has 0 aromatic heterocycles. The average Bonchev–Trinajstić information content (AvgIpc) is 2.33. The molecule has 0 bridgehead atoms. The Labute approximate surface area is 102 Å². The molecule has 2 atom stereocenters. The first kappa shape index (κ1) is 12.0. The average molecular weight is 237 g/mol. The number of nitrogens with two attached hydrogens (primary N) is 1. The molecule has 1 aromatic rings. The van der Waals surface area contributed by atoms with Gasteiger partial charge in [-0.25, -0.2) is 0 Å². The van der Waals surface area contributed by atoms with Gasteiger partial charge in [-0.2, -0.15) is 11.8 Å². The Morgan fingerprint density at radius 1 is 1.44 bits per heavy atom. The van der Waals surface area contributed by atoms with E-state index in [9.17, 15) is 0 Å². The van der Waals surface area contributed by atoms with Gasteiger partial charge in [-0.3, -0.25) is 0 Å². The van der Waals surface area contributed by atoms with E-state index in [2.05, 4.69) is 32.0 Å². The summed E-state index contributed by atoms with van der Waals surface area (Å²) in [6.45, 7) is 5.09. The van der Waals surface area contributed by atoms with Gasteiger partial charge in [-0.1, -0.05) is 18.2 Å². The Balaban J connectivity index is 2.19. The minimum atomic E-state index is 0.00713. The minimum Gasteiger partial charge on any atom is -0.375 e. The molecule has 0 aliphatic carbocycles. The van der Waals surface area contributed by atoms with Crippen LogP contribution in [0.15, 0.2) is 18.2 Å².